The van der Waals surface area contributed by atoms with Crippen LogP contribution < -0.4 is 16.2 Å². The number of anilines is 3. The molecule has 0 fully saturated rings. The van der Waals surface area contributed by atoms with Crippen molar-refractivity contribution in [3.63, 3.8) is 0 Å². The van der Waals surface area contributed by atoms with Crippen LogP contribution >= 0.6 is 0 Å². The van der Waals surface area contributed by atoms with E-state index in [4.69, 9.17) is 0 Å². The third-order valence-electron chi connectivity index (χ3n) is 3.62. The molecule has 3 rings (SSSR count). The van der Waals surface area contributed by atoms with Crippen LogP contribution in [-0.4, -0.2) is 10.8 Å². The monoisotopic (exact) mass is 348 g/mol. The second-order valence-electron chi connectivity index (χ2n) is 5.42. The molecule has 1 amide bonds. The smallest absolute Gasteiger partial charge is 0.294 e. The Hall–Kier alpha value is -3.87. The highest BCUT2D eigenvalue weighted by atomic mass is 16.6. The number of hydrogen-bond acceptors (Lipinski definition) is 5. The number of nitrogens with one attached hydrogen (secondary N) is 3. The zero-order valence-electron chi connectivity index (χ0n) is 13.7. The molecule has 0 bridgehead atoms. The van der Waals surface area contributed by atoms with E-state index < -0.39 is 10.8 Å². The molecule has 130 valence electrons. The minimum Gasteiger partial charge on any atom is -0.356 e. The maximum absolute atomic E-state index is 12.2. The Morgan fingerprint density at radius 1 is 0.808 bits per heavy atom. The van der Waals surface area contributed by atoms with Gasteiger partial charge >= 0.3 is 0 Å². The minimum absolute atomic E-state index is 0.116. The molecule has 26 heavy (non-hydrogen) atoms. The van der Waals surface area contributed by atoms with Gasteiger partial charge in [-0.25, -0.2) is 0 Å². The maximum atomic E-state index is 12.2. The van der Waals surface area contributed by atoms with Crippen LogP contribution in [0.1, 0.15) is 10.4 Å². The lowest BCUT2D eigenvalue weighted by Crippen LogP contribution is -2.29. The number of carbonyl (C=O) groups excluding carboxylic acids is 1. The van der Waals surface area contributed by atoms with Gasteiger partial charge in [-0.05, 0) is 42.5 Å². The lowest BCUT2D eigenvalue weighted by molar-refractivity contribution is -0.384. The highest BCUT2D eigenvalue weighted by molar-refractivity contribution is 5.95. The zero-order chi connectivity index (χ0) is 18.4. The van der Waals surface area contributed by atoms with E-state index in [2.05, 4.69) is 16.2 Å². The molecular weight excluding hydrogens is 332 g/mol. The molecule has 3 aromatic carbocycles. The Kier molecular flexibility index (Phi) is 5.09. The van der Waals surface area contributed by atoms with Gasteiger partial charge in [-0.1, -0.05) is 30.3 Å². The molecule has 3 aromatic rings. The fourth-order valence-electron chi connectivity index (χ4n) is 2.33. The third kappa shape index (κ3) is 4.15. The average Bonchev–Trinajstić information content (AvgIpc) is 2.67. The molecule has 7 heteroatoms. The van der Waals surface area contributed by atoms with Crippen molar-refractivity contribution in [1.29, 1.82) is 0 Å². The summed E-state index contributed by atoms with van der Waals surface area (Å²) in [4.78, 5) is 22.7. The number of nitro benzene ring substituents is 1. The lowest BCUT2D eigenvalue weighted by atomic mass is 10.2. The van der Waals surface area contributed by atoms with Crippen LogP contribution in [0.15, 0.2) is 78.9 Å². The molecule has 7 nitrogen and oxygen atoms in total. The third-order valence-corrected chi connectivity index (χ3v) is 3.62. The van der Waals surface area contributed by atoms with Gasteiger partial charge in [0.1, 0.15) is 5.69 Å². The van der Waals surface area contributed by atoms with E-state index in [0.717, 1.165) is 11.4 Å². The van der Waals surface area contributed by atoms with Crippen LogP contribution in [-0.2, 0) is 0 Å². The molecule has 0 spiro atoms. The average molecular weight is 348 g/mol. The Balaban J connectivity index is 1.63. The predicted octanol–water partition coefficient (Wildman–Crippen LogP) is 4.10. The van der Waals surface area contributed by atoms with E-state index >= 15 is 0 Å². The van der Waals surface area contributed by atoms with Gasteiger partial charge in [-0.15, -0.1) is 0 Å². The maximum Gasteiger partial charge on any atom is 0.294 e. The van der Waals surface area contributed by atoms with Crippen LogP contribution in [0.4, 0.5) is 22.7 Å². The van der Waals surface area contributed by atoms with Gasteiger partial charge in [0.25, 0.3) is 11.6 Å². The van der Waals surface area contributed by atoms with Gasteiger partial charge in [0.05, 0.1) is 4.92 Å². The number of amides is 1. The van der Waals surface area contributed by atoms with Crippen molar-refractivity contribution in [2.75, 3.05) is 10.7 Å². The molecule has 0 unspecified atom stereocenters. The highest BCUT2D eigenvalue weighted by Gasteiger charge is 2.13. The van der Waals surface area contributed by atoms with Gasteiger partial charge in [0, 0.05) is 23.0 Å². The summed E-state index contributed by atoms with van der Waals surface area (Å²) in [7, 11) is 0. The van der Waals surface area contributed by atoms with Gasteiger partial charge < -0.3 is 5.32 Å². The second-order valence-corrected chi connectivity index (χ2v) is 5.42. The number of nitrogens with zero attached hydrogens (tertiary/aromatic N) is 1. The second kappa shape index (κ2) is 7.80. The number of para-hydroxylation sites is 3. The molecule has 0 aromatic heterocycles. The minimum atomic E-state index is -0.515. The van der Waals surface area contributed by atoms with Crippen LogP contribution in [0.3, 0.4) is 0 Å². The first-order chi connectivity index (χ1) is 12.6. The molecular formula is C19H16N4O3. The van der Waals surface area contributed by atoms with Gasteiger partial charge in [-0.3, -0.25) is 25.8 Å². The largest absolute Gasteiger partial charge is 0.356 e. The molecule has 0 radical (unpaired) electrons. The number of nitro groups is 1. The fraction of sp³-hybridized carbons (Fsp3) is 0. The molecule has 3 N–H and O–H groups in total. The normalized spacial score (nSPS) is 10.0. The number of carbonyl (C=O) groups is 1. The van der Waals surface area contributed by atoms with Crippen LogP contribution in [0.5, 0.6) is 0 Å². The van der Waals surface area contributed by atoms with Crippen LogP contribution in [0.25, 0.3) is 0 Å². The summed E-state index contributed by atoms with van der Waals surface area (Å²) < 4.78 is 0. The van der Waals surface area contributed by atoms with E-state index in [0.29, 0.717) is 5.56 Å². The zero-order valence-corrected chi connectivity index (χ0v) is 13.7. The number of hydrazine groups is 1. The van der Waals surface area contributed by atoms with Crippen molar-refractivity contribution >= 4 is 28.7 Å². The summed E-state index contributed by atoms with van der Waals surface area (Å²) in [5.74, 6) is -0.394. The molecule has 0 saturated heterocycles. The molecule has 0 aliphatic heterocycles. The Bertz CT molecular complexity index is 912. The highest BCUT2D eigenvalue weighted by Crippen LogP contribution is 2.22. The van der Waals surface area contributed by atoms with Gasteiger partial charge in [0.2, 0.25) is 0 Å². The lowest BCUT2D eigenvalue weighted by Gasteiger charge is -2.10. The first-order valence-corrected chi connectivity index (χ1v) is 7.85. The summed E-state index contributed by atoms with van der Waals surface area (Å²) in [5.41, 5.74) is 7.38. The molecule has 0 atom stereocenters. The van der Waals surface area contributed by atoms with E-state index in [1.54, 1.807) is 36.4 Å². The number of rotatable bonds is 6. The first kappa shape index (κ1) is 17.0. The number of benzene rings is 3. The summed E-state index contributed by atoms with van der Waals surface area (Å²) in [6, 6.07) is 22.7. The van der Waals surface area contributed by atoms with Crippen molar-refractivity contribution in [1.82, 2.24) is 5.43 Å². The Morgan fingerprint density at radius 2 is 1.42 bits per heavy atom. The standard InChI is InChI=1S/C19H16N4O3/c24-19(22-21-17-8-4-5-9-18(17)23(25)26)14-10-12-16(13-11-14)20-15-6-2-1-3-7-15/h1-13,20-21H,(H,22,24). The molecule has 0 saturated carbocycles. The topological polar surface area (TPSA) is 96.3 Å². The van der Waals surface area contributed by atoms with E-state index in [1.807, 2.05) is 30.3 Å². The van der Waals surface area contributed by atoms with Gasteiger partial charge in [-0.2, -0.15) is 0 Å². The molecule has 0 aliphatic rings. The predicted molar refractivity (Wildman–Crippen MR) is 100 cm³/mol. The number of hydrogen-bond donors (Lipinski definition) is 3. The first-order valence-electron chi connectivity index (χ1n) is 7.85. The summed E-state index contributed by atoms with van der Waals surface area (Å²) in [6.45, 7) is 0. The SMILES string of the molecule is O=C(NNc1ccccc1[N+](=O)[O-])c1ccc(Nc2ccccc2)cc1. The summed E-state index contributed by atoms with van der Waals surface area (Å²) in [5, 5.41) is 14.2. The van der Waals surface area contributed by atoms with Crippen molar-refractivity contribution in [2.24, 2.45) is 0 Å². The Morgan fingerprint density at radius 3 is 2.12 bits per heavy atom. The van der Waals surface area contributed by atoms with Gasteiger partial charge in [0.15, 0.2) is 0 Å². The summed E-state index contributed by atoms with van der Waals surface area (Å²) in [6.07, 6.45) is 0. The quantitative estimate of drug-likeness (QED) is 0.460. The van der Waals surface area contributed by atoms with Crippen LogP contribution in [0, 0.1) is 10.1 Å². The fourth-order valence-corrected chi connectivity index (χ4v) is 2.33. The summed E-state index contributed by atoms with van der Waals surface area (Å²) >= 11 is 0. The van der Waals surface area contributed by atoms with E-state index in [-0.39, 0.29) is 11.4 Å². The van der Waals surface area contributed by atoms with E-state index in [1.165, 1.54) is 12.1 Å². The van der Waals surface area contributed by atoms with Crippen molar-refractivity contribution in [3.05, 3.63) is 94.5 Å². The van der Waals surface area contributed by atoms with Crippen molar-refractivity contribution < 1.29 is 9.72 Å². The van der Waals surface area contributed by atoms with E-state index in [9.17, 15) is 14.9 Å². The Labute approximate surface area is 149 Å². The van der Waals surface area contributed by atoms with Crippen molar-refractivity contribution in [3.8, 4) is 0 Å². The van der Waals surface area contributed by atoms with Crippen molar-refractivity contribution in [2.45, 2.75) is 0 Å². The molecule has 0 heterocycles. The van der Waals surface area contributed by atoms with Crippen LogP contribution in [0.2, 0.25) is 0 Å². The molecule has 0 aliphatic carbocycles.